The molecule has 1 unspecified atom stereocenters. The van der Waals surface area contributed by atoms with E-state index in [9.17, 15) is 9.90 Å². The van der Waals surface area contributed by atoms with Gasteiger partial charge in [0.15, 0.2) is 6.10 Å². The van der Waals surface area contributed by atoms with Crippen LogP contribution < -0.4 is 4.74 Å². The molecular formula is C16H24O3. The van der Waals surface area contributed by atoms with Crippen LogP contribution in [0.25, 0.3) is 0 Å². The number of ether oxygens (including phenoxy) is 1. The van der Waals surface area contributed by atoms with Crippen LogP contribution in [0.4, 0.5) is 0 Å². The minimum absolute atomic E-state index is 0.404. The lowest BCUT2D eigenvalue weighted by atomic mass is 10.0. The van der Waals surface area contributed by atoms with Gasteiger partial charge in [-0.1, -0.05) is 33.3 Å². The predicted molar refractivity (Wildman–Crippen MR) is 76.8 cm³/mol. The van der Waals surface area contributed by atoms with Crippen LogP contribution in [0.2, 0.25) is 0 Å². The monoisotopic (exact) mass is 264 g/mol. The molecule has 0 aliphatic carbocycles. The number of carboxylic acids is 1. The Balaban J connectivity index is 2.86. The summed E-state index contributed by atoms with van der Waals surface area (Å²) in [7, 11) is 0. The summed E-state index contributed by atoms with van der Waals surface area (Å²) in [5.74, 6) is 0.175. The highest BCUT2D eigenvalue weighted by Gasteiger charge is 2.19. The molecule has 1 rings (SSSR count). The highest BCUT2D eigenvalue weighted by molar-refractivity contribution is 5.72. The van der Waals surface area contributed by atoms with Gasteiger partial charge in [0.25, 0.3) is 0 Å². The van der Waals surface area contributed by atoms with E-state index in [1.165, 1.54) is 5.56 Å². The van der Waals surface area contributed by atoms with E-state index >= 15 is 0 Å². The van der Waals surface area contributed by atoms with Crippen molar-refractivity contribution in [2.45, 2.75) is 59.0 Å². The molecule has 1 aromatic carbocycles. The summed E-state index contributed by atoms with van der Waals surface area (Å²) >= 11 is 0. The first-order chi connectivity index (χ1) is 8.93. The molecule has 1 N–H and O–H groups in total. The number of rotatable bonds is 7. The van der Waals surface area contributed by atoms with Crippen molar-refractivity contribution in [3.63, 3.8) is 0 Å². The van der Waals surface area contributed by atoms with Crippen LogP contribution in [0.5, 0.6) is 5.75 Å². The second kappa shape index (κ2) is 7.17. The maximum atomic E-state index is 11.2. The standard InChI is InChI=1S/C16H24O3/c1-5-6-7-15(16(17)18)19-14-9-12(4)8-13(10-14)11(2)3/h8-11,15H,5-7H2,1-4H3,(H,17,18). The SMILES string of the molecule is CCCCC(Oc1cc(C)cc(C(C)C)c1)C(=O)O. The number of hydrogen-bond acceptors (Lipinski definition) is 2. The summed E-state index contributed by atoms with van der Waals surface area (Å²) in [5.41, 5.74) is 2.27. The molecule has 0 amide bonds. The van der Waals surface area contributed by atoms with Crippen LogP contribution in [0.15, 0.2) is 18.2 Å². The minimum atomic E-state index is -0.888. The summed E-state index contributed by atoms with van der Waals surface area (Å²) in [6.07, 6.45) is 1.64. The summed E-state index contributed by atoms with van der Waals surface area (Å²) in [6, 6.07) is 5.95. The highest BCUT2D eigenvalue weighted by Crippen LogP contribution is 2.24. The van der Waals surface area contributed by atoms with E-state index in [2.05, 4.69) is 19.9 Å². The molecule has 0 saturated heterocycles. The van der Waals surface area contributed by atoms with Crippen LogP contribution in [0.1, 0.15) is 57.1 Å². The Morgan fingerprint density at radius 2 is 2.00 bits per heavy atom. The molecule has 0 fully saturated rings. The number of aryl methyl sites for hydroxylation is 1. The lowest BCUT2D eigenvalue weighted by molar-refractivity contribution is -0.145. The van der Waals surface area contributed by atoms with Gasteiger partial charge >= 0.3 is 5.97 Å². The van der Waals surface area contributed by atoms with Crippen molar-refractivity contribution in [1.29, 1.82) is 0 Å². The van der Waals surface area contributed by atoms with Gasteiger partial charge in [-0.05, 0) is 48.9 Å². The van der Waals surface area contributed by atoms with Gasteiger partial charge in [0.2, 0.25) is 0 Å². The topological polar surface area (TPSA) is 46.5 Å². The van der Waals surface area contributed by atoms with Crippen molar-refractivity contribution < 1.29 is 14.6 Å². The van der Waals surface area contributed by atoms with Gasteiger partial charge in [-0.2, -0.15) is 0 Å². The summed E-state index contributed by atoms with van der Waals surface area (Å²) in [5, 5.41) is 9.18. The Morgan fingerprint density at radius 1 is 1.32 bits per heavy atom. The first-order valence-electron chi connectivity index (χ1n) is 6.95. The molecule has 3 heteroatoms. The van der Waals surface area contributed by atoms with Crippen molar-refractivity contribution in [3.05, 3.63) is 29.3 Å². The van der Waals surface area contributed by atoms with Gasteiger partial charge in [-0.25, -0.2) is 4.79 Å². The van der Waals surface area contributed by atoms with Crippen LogP contribution in [-0.2, 0) is 4.79 Å². The van der Waals surface area contributed by atoms with E-state index in [1.807, 2.05) is 26.0 Å². The molecule has 0 aliphatic heterocycles. The molecule has 1 atom stereocenters. The van der Waals surface area contributed by atoms with Crippen molar-refractivity contribution in [2.24, 2.45) is 0 Å². The van der Waals surface area contributed by atoms with Crippen molar-refractivity contribution in [2.75, 3.05) is 0 Å². The quantitative estimate of drug-likeness (QED) is 0.805. The summed E-state index contributed by atoms with van der Waals surface area (Å²) in [4.78, 5) is 11.2. The molecule has 0 saturated carbocycles. The van der Waals surface area contributed by atoms with E-state index in [4.69, 9.17) is 4.74 Å². The number of unbranched alkanes of at least 4 members (excludes halogenated alkanes) is 1. The fraction of sp³-hybridized carbons (Fsp3) is 0.562. The number of benzene rings is 1. The maximum Gasteiger partial charge on any atom is 0.344 e. The van der Waals surface area contributed by atoms with E-state index in [-0.39, 0.29) is 0 Å². The Bertz CT molecular complexity index is 424. The molecule has 0 aliphatic rings. The fourth-order valence-electron chi connectivity index (χ4n) is 1.96. The Kier molecular flexibility index (Phi) is 5.87. The third-order valence-electron chi connectivity index (χ3n) is 3.11. The lowest BCUT2D eigenvalue weighted by Crippen LogP contribution is -2.27. The first kappa shape index (κ1) is 15.5. The lowest BCUT2D eigenvalue weighted by Gasteiger charge is -2.17. The van der Waals surface area contributed by atoms with E-state index in [0.29, 0.717) is 18.1 Å². The zero-order valence-electron chi connectivity index (χ0n) is 12.3. The molecule has 0 bridgehead atoms. The Morgan fingerprint density at radius 3 is 2.53 bits per heavy atom. The molecule has 0 heterocycles. The fourth-order valence-corrected chi connectivity index (χ4v) is 1.96. The predicted octanol–water partition coefficient (Wildman–Crippen LogP) is 4.14. The normalized spacial score (nSPS) is 12.5. The second-order valence-electron chi connectivity index (χ2n) is 5.32. The Labute approximate surface area is 115 Å². The molecule has 0 radical (unpaired) electrons. The third kappa shape index (κ3) is 4.93. The van der Waals surface area contributed by atoms with Crippen molar-refractivity contribution >= 4 is 5.97 Å². The third-order valence-corrected chi connectivity index (χ3v) is 3.11. The number of carbonyl (C=O) groups is 1. The number of hydrogen-bond donors (Lipinski definition) is 1. The average molecular weight is 264 g/mol. The minimum Gasteiger partial charge on any atom is -0.479 e. The van der Waals surface area contributed by atoms with Gasteiger partial charge < -0.3 is 9.84 Å². The maximum absolute atomic E-state index is 11.2. The molecule has 1 aromatic rings. The van der Waals surface area contributed by atoms with Crippen LogP contribution >= 0.6 is 0 Å². The summed E-state index contributed by atoms with van der Waals surface area (Å²) < 4.78 is 5.65. The zero-order valence-corrected chi connectivity index (χ0v) is 12.3. The van der Waals surface area contributed by atoms with Crippen molar-refractivity contribution in [3.8, 4) is 5.75 Å². The zero-order chi connectivity index (χ0) is 14.4. The molecule has 3 nitrogen and oxygen atoms in total. The molecule has 19 heavy (non-hydrogen) atoms. The largest absolute Gasteiger partial charge is 0.479 e. The molecule has 0 spiro atoms. The number of aliphatic carboxylic acids is 1. The Hall–Kier alpha value is -1.51. The first-order valence-corrected chi connectivity index (χ1v) is 6.95. The van der Waals surface area contributed by atoms with Crippen LogP contribution in [-0.4, -0.2) is 17.2 Å². The summed E-state index contributed by atoms with van der Waals surface area (Å²) in [6.45, 7) is 8.28. The van der Waals surface area contributed by atoms with Gasteiger partial charge in [0.1, 0.15) is 5.75 Å². The van der Waals surface area contributed by atoms with E-state index in [1.54, 1.807) is 0 Å². The smallest absolute Gasteiger partial charge is 0.344 e. The van der Waals surface area contributed by atoms with Gasteiger partial charge in [-0.15, -0.1) is 0 Å². The van der Waals surface area contributed by atoms with E-state index in [0.717, 1.165) is 18.4 Å². The number of carboxylic acid groups (broad SMARTS) is 1. The molecule has 106 valence electrons. The van der Waals surface area contributed by atoms with Gasteiger partial charge in [-0.3, -0.25) is 0 Å². The average Bonchev–Trinajstić information content (AvgIpc) is 2.33. The van der Waals surface area contributed by atoms with Crippen LogP contribution in [0, 0.1) is 6.92 Å². The second-order valence-corrected chi connectivity index (χ2v) is 5.32. The van der Waals surface area contributed by atoms with Gasteiger partial charge in [0.05, 0.1) is 0 Å². The van der Waals surface area contributed by atoms with Crippen LogP contribution in [0.3, 0.4) is 0 Å². The van der Waals surface area contributed by atoms with Crippen molar-refractivity contribution in [1.82, 2.24) is 0 Å². The van der Waals surface area contributed by atoms with Gasteiger partial charge in [0, 0.05) is 0 Å². The highest BCUT2D eigenvalue weighted by atomic mass is 16.5. The van der Waals surface area contributed by atoms with E-state index < -0.39 is 12.1 Å². The molecule has 0 aromatic heterocycles. The molecular weight excluding hydrogens is 240 g/mol.